The molecule has 0 amide bonds. The predicted molar refractivity (Wildman–Crippen MR) is 90.7 cm³/mol. The van der Waals surface area contributed by atoms with Crippen molar-refractivity contribution in [1.82, 2.24) is 3.97 Å². The van der Waals surface area contributed by atoms with Gasteiger partial charge in [0.2, 0.25) is 0 Å². The van der Waals surface area contributed by atoms with Crippen molar-refractivity contribution < 1.29 is 13.2 Å². The highest BCUT2D eigenvalue weighted by Gasteiger charge is 2.22. The maximum Gasteiger partial charge on any atom is 0.268 e. The molecule has 3 aromatic rings. The second-order valence-corrected chi connectivity index (χ2v) is 7.63. The highest BCUT2D eigenvalue weighted by atomic mass is 35.5. The quantitative estimate of drug-likeness (QED) is 0.672. The Morgan fingerprint density at radius 2 is 1.74 bits per heavy atom. The number of carbonyl (C=O) groups is 1. The third-order valence-electron chi connectivity index (χ3n) is 3.69. The summed E-state index contributed by atoms with van der Waals surface area (Å²) >= 11 is 6.00. The van der Waals surface area contributed by atoms with Gasteiger partial charge in [0.05, 0.1) is 10.4 Å². The molecule has 6 heteroatoms. The summed E-state index contributed by atoms with van der Waals surface area (Å²) in [7, 11) is -3.81. The molecule has 1 aromatic heterocycles. The van der Waals surface area contributed by atoms with Gasteiger partial charge >= 0.3 is 0 Å². The summed E-state index contributed by atoms with van der Waals surface area (Å²) in [5, 5.41) is 0.976. The molecule has 3 rings (SSSR count). The Kier molecular flexibility index (Phi) is 3.78. The minimum Gasteiger partial charge on any atom is -0.294 e. The van der Waals surface area contributed by atoms with E-state index in [9.17, 15) is 13.2 Å². The molecule has 0 unspecified atom stereocenters. The number of hydrogen-bond acceptors (Lipinski definition) is 3. The Morgan fingerprint density at radius 1 is 1.09 bits per heavy atom. The normalized spacial score (nSPS) is 11.8. The highest BCUT2D eigenvalue weighted by Crippen LogP contribution is 2.28. The number of nitrogens with zero attached hydrogens (tertiary/aromatic N) is 1. The first kappa shape index (κ1) is 15.8. The number of aromatic nitrogens is 1. The summed E-state index contributed by atoms with van der Waals surface area (Å²) in [4.78, 5) is 12.0. The number of Topliss-reactive ketones (excluding diaryl/α,β-unsaturated/α-hetero) is 1. The van der Waals surface area contributed by atoms with E-state index in [0.29, 0.717) is 21.5 Å². The fourth-order valence-electron chi connectivity index (χ4n) is 2.47. The molecule has 0 spiro atoms. The largest absolute Gasteiger partial charge is 0.294 e. The maximum atomic E-state index is 12.9. The van der Waals surface area contributed by atoms with Gasteiger partial charge in [-0.15, -0.1) is 0 Å². The van der Waals surface area contributed by atoms with Crippen molar-refractivity contribution in [3.63, 3.8) is 0 Å². The first-order valence-corrected chi connectivity index (χ1v) is 8.76. The van der Waals surface area contributed by atoms with Crippen molar-refractivity contribution in [3.05, 3.63) is 64.8 Å². The van der Waals surface area contributed by atoms with Crippen LogP contribution in [0.3, 0.4) is 0 Å². The summed E-state index contributed by atoms with van der Waals surface area (Å²) in [6, 6.07) is 11.4. The molecule has 0 radical (unpaired) electrons. The van der Waals surface area contributed by atoms with E-state index >= 15 is 0 Å². The zero-order valence-electron chi connectivity index (χ0n) is 12.6. The van der Waals surface area contributed by atoms with Crippen LogP contribution in [0.2, 0.25) is 5.02 Å². The fourth-order valence-corrected chi connectivity index (χ4v) is 4.00. The van der Waals surface area contributed by atoms with Gasteiger partial charge in [-0.3, -0.25) is 4.79 Å². The molecule has 1 heterocycles. The Hall–Kier alpha value is -2.11. The van der Waals surface area contributed by atoms with Gasteiger partial charge in [-0.05, 0) is 38.1 Å². The lowest BCUT2D eigenvalue weighted by molar-refractivity contribution is 0.101. The van der Waals surface area contributed by atoms with Crippen molar-refractivity contribution in [1.29, 1.82) is 0 Å². The van der Waals surface area contributed by atoms with Crippen molar-refractivity contribution in [2.24, 2.45) is 0 Å². The number of halogens is 1. The summed E-state index contributed by atoms with van der Waals surface area (Å²) in [5.74, 6) is -0.199. The monoisotopic (exact) mass is 347 g/mol. The van der Waals surface area contributed by atoms with Crippen LogP contribution in [0.4, 0.5) is 0 Å². The number of fused-ring (bicyclic) bond motifs is 1. The lowest BCUT2D eigenvalue weighted by atomic mass is 10.1. The van der Waals surface area contributed by atoms with E-state index in [2.05, 4.69) is 0 Å². The second kappa shape index (κ2) is 5.51. The molecule has 2 aromatic carbocycles. The Balaban J connectivity index is 2.33. The summed E-state index contributed by atoms with van der Waals surface area (Å²) < 4.78 is 27.0. The van der Waals surface area contributed by atoms with E-state index in [4.69, 9.17) is 11.6 Å². The standard InChI is InChI=1S/C17H14ClNO3S/c1-11-3-6-14(7-4-11)23(21,22)19-10-16(12(2)20)15-8-5-13(18)9-17(15)19/h3-10H,1-2H3. The van der Waals surface area contributed by atoms with E-state index in [1.165, 1.54) is 13.1 Å². The van der Waals surface area contributed by atoms with Crippen LogP contribution >= 0.6 is 11.6 Å². The average molecular weight is 348 g/mol. The highest BCUT2D eigenvalue weighted by molar-refractivity contribution is 7.90. The zero-order chi connectivity index (χ0) is 16.8. The van der Waals surface area contributed by atoms with Crippen molar-refractivity contribution in [2.75, 3.05) is 0 Å². The smallest absolute Gasteiger partial charge is 0.268 e. The predicted octanol–water partition coefficient (Wildman–Crippen LogP) is 4.04. The number of hydrogen-bond donors (Lipinski definition) is 0. The van der Waals surface area contributed by atoms with Gasteiger partial charge in [-0.2, -0.15) is 0 Å². The first-order chi connectivity index (χ1) is 10.8. The summed E-state index contributed by atoms with van der Waals surface area (Å²) in [5.41, 5.74) is 1.71. The third-order valence-corrected chi connectivity index (χ3v) is 5.61. The molecule has 0 aliphatic rings. The zero-order valence-corrected chi connectivity index (χ0v) is 14.1. The molecule has 4 nitrogen and oxygen atoms in total. The van der Waals surface area contributed by atoms with E-state index in [0.717, 1.165) is 9.54 Å². The van der Waals surface area contributed by atoms with Gasteiger partial charge in [0.25, 0.3) is 10.0 Å². The van der Waals surface area contributed by atoms with Gasteiger partial charge in [-0.25, -0.2) is 12.4 Å². The minimum atomic E-state index is -3.81. The molecular weight excluding hydrogens is 334 g/mol. The summed E-state index contributed by atoms with van der Waals surface area (Å²) in [6.45, 7) is 3.29. The molecule has 0 bridgehead atoms. The lowest BCUT2D eigenvalue weighted by Gasteiger charge is -2.08. The van der Waals surface area contributed by atoms with Gasteiger partial charge in [0.15, 0.2) is 5.78 Å². The van der Waals surface area contributed by atoms with Gasteiger partial charge in [0, 0.05) is 22.2 Å². The third kappa shape index (κ3) is 2.66. The SMILES string of the molecule is CC(=O)c1cn(S(=O)(=O)c2ccc(C)cc2)c2cc(Cl)ccc12. The molecule has 0 fully saturated rings. The molecule has 0 aliphatic heterocycles. The molecule has 118 valence electrons. The van der Waals surface area contributed by atoms with Crippen LogP contribution < -0.4 is 0 Å². The maximum absolute atomic E-state index is 12.9. The summed E-state index contributed by atoms with van der Waals surface area (Å²) in [6.07, 6.45) is 1.36. The lowest BCUT2D eigenvalue weighted by Crippen LogP contribution is -2.12. The molecule has 0 N–H and O–H groups in total. The van der Waals surface area contributed by atoms with Crippen LogP contribution in [0.25, 0.3) is 10.9 Å². The molecule has 0 atom stereocenters. The van der Waals surface area contributed by atoms with Crippen LogP contribution in [-0.2, 0) is 10.0 Å². The van der Waals surface area contributed by atoms with Crippen LogP contribution in [0, 0.1) is 6.92 Å². The number of rotatable bonds is 3. The van der Waals surface area contributed by atoms with E-state index < -0.39 is 10.0 Å². The van der Waals surface area contributed by atoms with Gasteiger partial charge in [0.1, 0.15) is 0 Å². The number of ketones is 1. The van der Waals surface area contributed by atoms with Crippen LogP contribution in [0.15, 0.2) is 53.6 Å². The van der Waals surface area contributed by atoms with Gasteiger partial charge < -0.3 is 0 Å². The topological polar surface area (TPSA) is 56.1 Å². The molecule has 0 saturated heterocycles. The Morgan fingerprint density at radius 3 is 2.35 bits per heavy atom. The van der Waals surface area contributed by atoms with E-state index in [1.807, 2.05) is 6.92 Å². The average Bonchev–Trinajstić information content (AvgIpc) is 2.87. The molecular formula is C17H14ClNO3S. The van der Waals surface area contributed by atoms with Crippen LogP contribution in [0.1, 0.15) is 22.8 Å². The molecule has 0 saturated carbocycles. The van der Waals surface area contributed by atoms with Crippen molar-refractivity contribution in [2.45, 2.75) is 18.7 Å². The Labute approximate surface area is 139 Å². The minimum absolute atomic E-state index is 0.162. The fraction of sp³-hybridized carbons (Fsp3) is 0.118. The molecule has 0 aliphatic carbocycles. The van der Waals surface area contributed by atoms with Crippen LogP contribution in [0.5, 0.6) is 0 Å². The number of carbonyl (C=O) groups excluding carboxylic acids is 1. The number of aryl methyl sites for hydroxylation is 1. The van der Waals surface area contributed by atoms with Crippen LogP contribution in [-0.4, -0.2) is 18.2 Å². The Bertz CT molecular complexity index is 1020. The van der Waals surface area contributed by atoms with Gasteiger partial charge in [-0.1, -0.05) is 35.4 Å². The van der Waals surface area contributed by atoms with Crippen molar-refractivity contribution >= 4 is 38.3 Å². The molecule has 23 heavy (non-hydrogen) atoms. The first-order valence-electron chi connectivity index (χ1n) is 6.94. The van der Waals surface area contributed by atoms with Crippen molar-refractivity contribution in [3.8, 4) is 0 Å². The second-order valence-electron chi connectivity index (χ2n) is 5.37. The van der Waals surface area contributed by atoms with E-state index in [-0.39, 0.29) is 10.7 Å². The number of benzene rings is 2. The van der Waals surface area contributed by atoms with E-state index in [1.54, 1.807) is 42.5 Å².